The van der Waals surface area contributed by atoms with E-state index in [1.165, 1.54) is 31.2 Å². The Bertz CT molecular complexity index is 1190. The largest absolute Gasteiger partial charge is 0.487 e. The molecule has 2 aromatic carbocycles. The van der Waals surface area contributed by atoms with E-state index in [9.17, 15) is 22.8 Å². The second kappa shape index (κ2) is 9.13. The van der Waals surface area contributed by atoms with E-state index >= 15 is 0 Å². The van der Waals surface area contributed by atoms with Gasteiger partial charge in [-0.05, 0) is 42.3 Å². The van der Waals surface area contributed by atoms with Gasteiger partial charge in [0.1, 0.15) is 40.5 Å². The lowest BCUT2D eigenvalue weighted by atomic mass is 10.1. The number of carboxylic acid groups (broad SMARTS) is 1. The molecule has 1 heterocycles. The van der Waals surface area contributed by atoms with Crippen LogP contribution < -0.4 is 15.6 Å². The lowest BCUT2D eigenvalue weighted by Crippen LogP contribution is -2.24. The number of aromatic nitrogens is 1. The molecule has 0 aliphatic carbocycles. The first-order valence-corrected chi connectivity index (χ1v) is 9.30. The normalized spacial score (nSPS) is 10.7. The summed E-state index contributed by atoms with van der Waals surface area (Å²) in [6.45, 7) is 1.14. The van der Waals surface area contributed by atoms with Crippen LogP contribution in [-0.2, 0) is 13.2 Å². The van der Waals surface area contributed by atoms with Crippen LogP contribution in [0.4, 0.5) is 18.0 Å². The second-order valence-electron chi connectivity index (χ2n) is 6.54. The molecule has 2 N–H and O–H groups in total. The Morgan fingerprint density at radius 2 is 1.81 bits per heavy atom. The number of rotatable bonds is 6. The molecule has 0 saturated heterocycles. The smallest absolute Gasteiger partial charge is 0.404 e. The van der Waals surface area contributed by atoms with Gasteiger partial charge in [0.05, 0.1) is 0 Å². The minimum Gasteiger partial charge on any atom is -0.487 e. The number of para-hydroxylation sites is 1. The van der Waals surface area contributed by atoms with Gasteiger partial charge in [-0.2, -0.15) is 0 Å². The van der Waals surface area contributed by atoms with E-state index in [1.807, 2.05) is 0 Å². The average molecular weight is 453 g/mol. The van der Waals surface area contributed by atoms with Crippen molar-refractivity contribution in [3.63, 3.8) is 0 Å². The number of hydrogen-bond donors (Lipinski definition) is 2. The molecule has 0 atom stereocenters. The van der Waals surface area contributed by atoms with Crippen molar-refractivity contribution in [2.24, 2.45) is 0 Å². The van der Waals surface area contributed by atoms with Gasteiger partial charge in [0.25, 0.3) is 5.56 Å². The highest BCUT2D eigenvalue weighted by Crippen LogP contribution is 2.26. The molecule has 1 aromatic heterocycles. The number of ether oxygens (including phenoxy) is 1. The highest BCUT2D eigenvalue weighted by molar-refractivity contribution is 6.31. The first-order chi connectivity index (χ1) is 14.7. The third-order valence-corrected chi connectivity index (χ3v) is 4.79. The standard InChI is InChI=1S/C21H16ClF3N2O4/c1-11-7-17(18(22)20(28)27(11)19-15(24)3-2-4-16(19)25)31-10-12-5-6-14(23)8-13(12)9-26-21(29)30/h2-8,26H,9-10H2,1H3,(H,29,30). The fourth-order valence-electron chi connectivity index (χ4n) is 2.99. The quantitative estimate of drug-likeness (QED) is 0.574. The number of carbonyl (C=O) groups is 1. The van der Waals surface area contributed by atoms with Crippen LogP contribution in [0.1, 0.15) is 16.8 Å². The van der Waals surface area contributed by atoms with Gasteiger partial charge < -0.3 is 15.2 Å². The van der Waals surface area contributed by atoms with Gasteiger partial charge in [-0.1, -0.05) is 23.7 Å². The van der Waals surface area contributed by atoms with Crippen molar-refractivity contribution in [3.8, 4) is 11.4 Å². The average Bonchev–Trinajstić information content (AvgIpc) is 2.71. The minimum atomic E-state index is -1.28. The van der Waals surface area contributed by atoms with E-state index in [0.29, 0.717) is 11.1 Å². The molecule has 3 rings (SSSR count). The molecule has 31 heavy (non-hydrogen) atoms. The number of amides is 1. The summed E-state index contributed by atoms with van der Waals surface area (Å²) in [6, 6.07) is 8.29. The fourth-order valence-corrected chi connectivity index (χ4v) is 3.19. The number of benzene rings is 2. The Labute approximate surface area is 179 Å². The first kappa shape index (κ1) is 22.2. The number of nitrogens with zero attached hydrogens (tertiary/aromatic N) is 1. The molecule has 0 saturated carbocycles. The first-order valence-electron chi connectivity index (χ1n) is 8.92. The van der Waals surface area contributed by atoms with E-state index in [-0.39, 0.29) is 24.6 Å². The molecule has 0 aliphatic rings. The molecule has 0 fully saturated rings. The molecule has 0 aliphatic heterocycles. The third kappa shape index (κ3) is 4.83. The SMILES string of the molecule is Cc1cc(OCc2ccc(F)cc2CNC(=O)O)c(Cl)c(=O)n1-c1c(F)cccc1F. The highest BCUT2D eigenvalue weighted by atomic mass is 35.5. The van der Waals surface area contributed by atoms with Crippen molar-refractivity contribution in [2.45, 2.75) is 20.1 Å². The van der Waals surface area contributed by atoms with Crippen molar-refractivity contribution < 1.29 is 27.8 Å². The van der Waals surface area contributed by atoms with Gasteiger partial charge in [0.2, 0.25) is 0 Å². The van der Waals surface area contributed by atoms with E-state index in [1.54, 1.807) is 0 Å². The summed E-state index contributed by atoms with van der Waals surface area (Å²) in [4.78, 5) is 23.4. The summed E-state index contributed by atoms with van der Waals surface area (Å²) in [6.07, 6.45) is -1.28. The van der Waals surface area contributed by atoms with Crippen molar-refractivity contribution in [2.75, 3.05) is 0 Å². The zero-order valence-corrected chi connectivity index (χ0v) is 16.8. The van der Waals surface area contributed by atoms with Crippen molar-refractivity contribution in [3.05, 3.63) is 92.1 Å². The molecule has 0 unspecified atom stereocenters. The van der Waals surface area contributed by atoms with Crippen LogP contribution in [0.2, 0.25) is 5.02 Å². The summed E-state index contributed by atoms with van der Waals surface area (Å²) in [5.74, 6) is -2.47. The van der Waals surface area contributed by atoms with Crippen LogP contribution in [0.15, 0.2) is 47.3 Å². The molecule has 0 radical (unpaired) electrons. The Balaban J connectivity index is 1.93. The molecule has 0 bridgehead atoms. The number of pyridine rings is 1. The molecule has 162 valence electrons. The number of aryl methyl sites for hydroxylation is 1. The molecular weight excluding hydrogens is 437 g/mol. The second-order valence-corrected chi connectivity index (χ2v) is 6.91. The number of halogens is 4. The van der Waals surface area contributed by atoms with Crippen LogP contribution in [0.5, 0.6) is 5.75 Å². The molecule has 6 nitrogen and oxygen atoms in total. The van der Waals surface area contributed by atoms with Gasteiger partial charge in [0.15, 0.2) is 0 Å². The van der Waals surface area contributed by atoms with E-state index in [4.69, 9.17) is 21.4 Å². The summed E-state index contributed by atoms with van der Waals surface area (Å²) in [5.41, 5.74) is -0.489. The topological polar surface area (TPSA) is 80.6 Å². The van der Waals surface area contributed by atoms with E-state index in [2.05, 4.69) is 5.32 Å². The molecule has 3 aromatic rings. The lowest BCUT2D eigenvalue weighted by molar-refractivity contribution is 0.194. The molecular formula is C21H16ClF3N2O4. The monoisotopic (exact) mass is 452 g/mol. The fraction of sp³-hybridized carbons (Fsp3) is 0.143. The zero-order valence-electron chi connectivity index (χ0n) is 16.1. The summed E-state index contributed by atoms with van der Waals surface area (Å²) >= 11 is 6.11. The van der Waals surface area contributed by atoms with Gasteiger partial charge in [-0.15, -0.1) is 0 Å². The predicted molar refractivity (Wildman–Crippen MR) is 107 cm³/mol. The molecule has 0 spiro atoms. The Morgan fingerprint density at radius 3 is 2.45 bits per heavy atom. The van der Waals surface area contributed by atoms with E-state index < -0.39 is 39.8 Å². The Morgan fingerprint density at radius 1 is 1.13 bits per heavy atom. The summed E-state index contributed by atoms with van der Waals surface area (Å²) < 4.78 is 48.2. The Kier molecular flexibility index (Phi) is 6.55. The maximum atomic E-state index is 14.2. The van der Waals surface area contributed by atoms with Crippen LogP contribution >= 0.6 is 11.6 Å². The maximum Gasteiger partial charge on any atom is 0.404 e. The van der Waals surface area contributed by atoms with Crippen molar-refractivity contribution >= 4 is 17.7 Å². The summed E-state index contributed by atoms with van der Waals surface area (Å²) in [7, 11) is 0. The van der Waals surface area contributed by atoms with Crippen LogP contribution in [0.3, 0.4) is 0 Å². The molecule has 1 amide bonds. The van der Waals surface area contributed by atoms with Gasteiger partial charge >= 0.3 is 6.09 Å². The van der Waals surface area contributed by atoms with Gasteiger partial charge in [0, 0.05) is 18.3 Å². The van der Waals surface area contributed by atoms with Crippen LogP contribution in [-0.4, -0.2) is 15.8 Å². The van der Waals surface area contributed by atoms with Gasteiger partial charge in [-0.25, -0.2) is 18.0 Å². The van der Waals surface area contributed by atoms with Crippen LogP contribution in [0, 0.1) is 24.4 Å². The summed E-state index contributed by atoms with van der Waals surface area (Å²) in [5, 5.41) is 10.5. The van der Waals surface area contributed by atoms with Crippen molar-refractivity contribution in [1.82, 2.24) is 9.88 Å². The van der Waals surface area contributed by atoms with E-state index in [0.717, 1.165) is 22.8 Å². The molecule has 10 heteroatoms. The number of hydrogen-bond acceptors (Lipinski definition) is 3. The Hall–Kier alpha value is -3.46. The number of nitrogens with one attached hydrogen (secondary N) is 1. The van der Waals surface area contributed by atoms with Crippen LogP contribution in [0.25, 0.3) is 5.69 Å². The van der Waals surface area contributed by atoms with Gasteiger partial charge in [-0.3, -0.25) is 9.36 Å². The predicted octanol–water partition coefficient (Wildman–Crippen LogP) is 4.56. The third-order valence-electron chi connectivity index (χ3n) is 4.44. The highest BCUT2D eigenvalue weighted by Gasteiger charge is 2.19. The minimum absolute atomic E-state index is 0.0429. The van der Waals surface area contributed by atoms with Crippen molar-refractivity contribution in [1.29, 1.82) is 0 Å². The lowest BCUT2D eigenvalue weighted by Gasteiger charge is -2.16. The zero-order chi connectivity index (χ0) is 22.7. The maximum absolute atomic E-state index is 14.2.